The van der Waals surface area contributed by atoms with E-state index in [0.717, 1.165) is 22.9 Å². The molecule has 2 rings (SSSR count). The predicted molar refractivity (Wildman–Crippen MR) is 87.3 cm³/mol. The van der Waals surface area contributed by atoms with Gasteiger partial charge in [0.25, 0.3) is 0 Å². The minimum absolute atomic E-state index is 0.0331. The first-order valence-electron chi connectivity index (χ1n) is 7.43. The Kier molecular flexibility index (Phi) is 5.45. The van der Waals surface area contributed by atoms with Crippen molar-refractivity contribution in [3.63, 3.8) is 0 Å². The lowest BCUT2D eigenvalue weighted by atomic mass is 10.1. The summed E-state index contributed by atoms with van der Waals surface area (Å²) < 4.78 is 26.6. The van der Waals surface area contributed by atoms with Gasteiger partial charge in [-0.3, -0.25) is 4.79 Å². The zero-order valence-corrected chi connectivity index (χ0v) is 13.4. The smallest absolute Gasteiger partial charge is 0.238 e. The van der Waals surface area contributed by atoms with E-state index in [1.807, 2.05) is 32.0 Å². The van der Waals surface area contributed by atoms with Crippen LogP contribution in [0.15, 0.2) is 36.4 Å². The van der Waals surface area contributed by atoms with Gasteiger partial charge in [-0.25, -0.2) is 8.78 Å². The van der Waals surface area contributed by atoms with E-state index in [2.05, 4.69) is 10.6 Å². The van der Waals surface area contributed by atoms with Crippen molar-refractivity contribution >= 4 is 11.6 Å². The molecule has 0 heterocycles. The largest absolute Gasteiger partial charge is 0.325 e. The second kappa shape index (κ2) is 7.33. The number of amides is 1. The maximum atomic E-state index is 13.7. The number of nitrogens with one attached hydrogen (secondary N) is 2. The number of rotatable bonds is 5. The molecule has 5 heteroatoms. The Bertz CT molecular complexity index is 716. The lowest BCUT2D eigenvalue weighted by Gasteiger charge is -2.16. The summed E-state index contributed by atoms with van der Waals surface area (Å²) in [5.74, 6) is -1.46. The van der Waals surface area contributed by atoms with E-state index in [0.29, 0.717) is 5.56 Å². The van der Waals surface area contributed by atoms with Crippen molar-refractivity contribution in [2.24, 2.45) is 0 Å². The fourth-order valence-corrected chi connectivity index (χ4v) is 2.29. The van der Waals surface area contributed by atoms with E-state index in [4.69, 9.17) is 0 Å². The molecule has 0 unspecified atom stereocenters. The normalized spacial score (nSPS) is 12.0. The van der Waals surface area contributed by atoms with E-state index in [1.54, 1.807) is 6.92 Å². The highest BCUT2D eigenvalue weighted by atomic mass is 19.1. The molecule has 0 aliphatic rings. The van der Waals surface area contributed by atoms with Gasteiger partial charge < -0.3 is 10.6 Å². The molecule has 0 aromatic heterocycles. The van der Waals surface area contributed by atoms with Crippen LogP contribution in [0.1, 0.15) is 29.7 Å². The van der Waals surface area contributed by atoms with Gasteiger partial charge in [-0.15, -0.1) is 0 Å². The molecule has 0 saturated carbocycles. The molecular weight excluding hydrogens is 298 g/mol. The average molecular weight is 318 g/mol. The van der Waals surface area contributed by atoms with Crippen LogP contribution >= 0.6 is 0 Å². The topological polar surface area (TPSA) is 41.1 Å². The Morgan fingerprint density at radius 2 is 1.91 bits per heavy atom. The third-order valence-corrected chi connectivity index (χ3v) is 3.88. The molecule has 0 aliphatic heterocycles. The van der Waals surface area contributed by atoms with Gasteiger partial charge in [-0.1, -0.05) is 18.2 Å². The van der Waals surface area contributed by atoms with Crippen LogP contribution in [0.5, 0.6) is 0 Å². The minimum atomic E-state index is -0.625. The van der Waals surface area contributed by atoms with E-state index in [1.165, 1.54) is 12.1 Å². The monoisotopic (exact) mass is 318 g/mol. The molecule has 1 amide bonds. The Balaban J connectivity index is 1.95. The number of hydrogen-bond donors (Lipinski definition) is 2. The number of carbonyl (C=O) groups is 1. The van der Waals surface area contributed by atoms with Crippen molar-refractivity contribution in [3.05, 3.63) is 64.7 Å². The number of benzene rings is 2. The maximum Gasteiger partial charge on any atom is 0.238 e. The van der Waals surface area contributed by atoms with Gasteiger partial charge in [0.2, 0.25) is 5.91 Å². The summed E-state index contributed by atoms with van der Waals surface area (Å²) in [6, 6.07) is 8.70. The predicted octanol–water partition coefficient (Wildman–Crippen LogP) is 3.87. The molecule has 122 valence electrons. The first-order chi connectivity index (χ1) is 10.9. The van der Waals surface area contributed by atoms with Crippen molar-refractivity contribution in [1.82, 2.24) is 5.32 Å². The van der Waals surface area contributed by atoms with Crippen molar-refractivity contribution in [3.8, 4) is 0 Å². The number of anilines is 1. The van der Waals surface area contributed by atoms with E-state index < -0.39 is 17.7 Å². The fraction of sp³-hybridized carbons (Fsp3) is 0.278. The molecule has 0 bridgehead atoms. The maximum absolute atomic E-state index is 13.7. The average Bonchev–Trinajstić information content (AvgIpc) is 2.49. The van der Waals surface area contributed by atoms with Crippen molar-refractivity contribution in [2.45, 2.75) is 26.8 Å². The van der Waals surface area contributed by atoms with Crippen LogP contribution in [0.25, 0.3) is 0 Å². The molecule has 2 N–H and O–H groups in total. The minimum Gasteiger partial charge on any atom is -0.325 e. The fourth-order valence-electron chi connectivity index (χ4n) is 2.29. The summed E-state index contributed by atoms with van der Waals surface area (Å²) in [6.07, 6.45) is 0. The van der Waals surface area contributed by atoms with Crippen LogP contribution in [0.4, 0.5) is 14.5 Å². The molecule has 2 aromatic carbocycles. The standard InChI is InChI=1S/C18H20F2N2O/c1-11-5-4-6-17(12(11)2)22-18(23)10-21-13(3)15-8-7-14(19)9-16(15)20/h4-9,13,21H,10H2,1-3H3,(H,22,23)/t13-/m1/s1. The Morgan fingerprint density at radius 1 is 1.17 bits per heavy atom. The molecule has 0 saturated heterocycles. The van der Waals surface area contributed by atoms with E-state index >= 15 is 0 Å². The summed E-state index contributed by atoms with van der Waals surface area (Å²) in [4.78, 5) is 12.0. The summed E-state index contributed by atoms with van der Waals surface area (Å²) in [5, 5.41) is 5.77. The molecule has 0 spiro atoms. The SMILES string of the molecule is Cc1cccc(NC(=O)CN[C@H](C)c2ccc(F)cc2F)c1C. The summed E-state index contributed by atoms with van der Waals surface area (Å²) in [5.41, 5.74) is 3.19. The summed E-state index contributed by atoms with van der Waals surface area (Å²) >= 11 is 0. The number of halogens is 2. The van der Waals surface area contributed by atoms with E-state index in [-0.39, 0.29) is 12.5 Å². The van der Waals surface area contributed by atoms with Crippen molar-refractivity contribution < 1.29 is 13.6 Å². The van der Waals surface area contributed by atoms with E-state index in [9.17, 15) is 13.6 Å². The number of aryl methyl sites for hydroxylation is 1. The summed E-state index contributed by atoms with van der Waals surface area (Å²) in [7, 11) is 0. The zero-order valence-electron chi connectivity index (χ0n) is 13.4. The number of carbonyl (C=O) groups excluding carboxylic acids is 1. The second-order valence-corrected chi connectivity index (χ2v) is 5.56. The lowest BCUT2D eigenvalue weighted by molar-refractivity contribution is -0.115. The Hall–Kier alpha value is -2.27. The van der Waals surface area contributed by atoms with Gasteiger partial charge in [0.05, 0.1) is 6.54 Å². The highest BCUT2D eigenvalue weighted by Gasteiger charge is 2.13. The van der Waals surface area contributed by atoms with Crippen LogP contribution in [0.3, 0.4) is 0 Å². The van der Waals surface area contributed by atoms with Crippen LogP contribution in [0, 0.1) is 25.5 Å². The van der Waals surface area contributed by atoms with Gasteiger partial charge in [-0.2, -0.15) is 0 Å². The van der Waals surface area contributed by atoms with Gasteiger partial charge in [0, 0.05) is 23.4 Å². The van der Waals surface area contributed by atoms with Crippen molar-refractivity contribution in [2.75, 3.05) is 11.9 Å². The molecule has 23 heavy (non-hydrogen) atoms. The first-order valence-corrected chi connectivity index (χ1v) is 7.43. The molecule has 0 aliphatic carbocycles. The molecule has 1 atom stereocenters. The highest BCUT2D eigenvalue weighted by molar-refractivity contribution is 5.93. The van der Waals surface area contributed by atoms with Gasteiger partial charge in [-0.05, 0) is 44.0 Å². The zero-order chi connectivity index (χ0) is 17.0. The van der Waals surface area contributed by atoms with Crippen LogP contribution in [-0.4, -0.2) is 12.5 Å². The summed E-state index contributed by atoms with van der Waals surface area (Å²) in [6.45, 7) is 5.67. The highest BCUT2D eigenvalue weighted by Crippen LogP contribution is 2.19. The third-order valence-electron chi connectivity index (χ3n) is 3.88. The second-order valence-electron chi connectivity index (χ2n) is 5.56. The van der Waals surface area contributed by atoms with Crippen molar-refractivity contribution in [1.29, 1.82) is 0 Å². The Morgan fingerprint density at radius 3 is 2.61 bits per heavy atom. The lowest BCUT2D eigenvalue weighted by Crippen LogP contribution is -2.30. The Labute approximate surface area is 134 Å². The first kappa shape index (κ1) is 17.1. The molecule has 3 nitrogen and oxygen atoms in total. The van der Waals surface area contributed by atoms with Crippen LogP contribution in [-0.2, 0) is 4.79 Å². The molecular formula is C18H20F2N2O. The van der Waals surface area contributed by atoms with Gasteiger partial charge in [0.15, 0.2) is 0 Å². The van der Waals surface area contributed by atoms with Gasteiger partial charge >= 0.3 is 0 Å². The number of hydrogen-bond acceptors (Lipinski definition) is 2. The van der Waals surface area contributed by atoms with Gasteiger partial charge in [0.1, 0.15) is 11.6 Å². The quantitative estimate of drug-likeness (QED) is 0.878. The molecule has 0 fully saturated rings. The third kappa shape index (κ3) is 4.36. The van der Waals surface area contributed by atoms with Crippen LogP contribution in [0.2, 0.25) is 0 Å². The van der Waals surface area contributed by atoms with Crippen LogP contribution < -0.4 is 10.6 Å². The molecule has 2 aromatic rings. The molecule has 0 radical (unpaired) electrons.